The van der Waals surface area contributed by atoms with E-state index in [-0.39, 0.29) is 6.42 Å². The minimum atomic E-state index is -5.11. The van der Waals surface area contributed by atoms with Crippen LogP contribution in [0.15, 0.2) is 16.1 Å². The molecule has 1 unspecified atom stereocenters. The first-order chi connectivity index (χ1) is 8.18. The van der Waals surface area contributed by atoms with E-state index in [1.807, 2.05) is 0 Å². The van der Waals surface area contributed by atoms with Crippen molar-refractivity contribution >= 4 is 18.2 Å². The Morgan fingerprint density at radius 3 is 2.33 bits per heavy atom. The van der Waals surface area contributed by atoms with E-state index in [0.29, 0.717) is 0 Å². The molecule has 0 saturated heterocycles. The fourth-order valence-electron chi connectivity index (χ4n) is 1.93. The van der Waals surface area contributed by atoms with Crippen LogP contribution in [0.5, 0.6) is 0 Å². The molecule has 0 saturated carbocycles. The molecule has 0 aliphatic carbocycles. The van der Waals surface area contributed by atoms with Crippen molar-refractivity contribution in [3.05, 3.63) is 11.1 Å². The van der Waals surface area contributed by atoms with Gasteiger partial charge in [0, 0.05) is 6.21 Å². The molecule has 100 valence electrons. The summed E-state index contributed by atoms with van der Waals surface area (Å²) in [6, 6.07) is 0. The van der Waals surface area contributed by atoms with E-state index in [4.69, 9.17) is 10.2 Å². The number of rotatable bonds is 3. The standard InChI is InChI=1S/C10H10F3NO4/c1-2-6-5(7(15)16)3-14-4-9(6,8(17)18)10(11,12)13/h3H,2,4H2,1H3,(H,15,16)(H,17,18). The summed E-state index contributed by atoms with van der Waals surface area (Å²) in [4.78, 5) is 25.1. The minimum absolute atomic E-state index is 0.334. The highest BCUT2D eigenvalue weighted by Gasteiger charge is 2.64. The molecule has 1 atom stereocenters. The highest BCUT2D eigenvalue weighted by molar-refractivity contribution is 6.11. The Kier molecular flexibility index (Phi) is 3.50. The van der Waals surface area contributed by atoms with Gasteiger partial charge in [0.1, 0.15) is 0 Å². The first kappa shape index (κ1) is 14.2. The lowest BCUT2D eigenvalue weighted by atomic mass is 9.74. The van der Waals surface area contributed by atoms with Crippen LogP contribution in [0, 0.1) is 5.41 Å². The number of halogens is 3. The third kappa shape index (κ3) is 1.87. The van der Waals surface area contributed by atoms with Gasteiger partial charge in [0.2, 0.25) is 5.41 Å². The first-order valence-corrected chi connectivity index (χ1v) is 4.95. The summed E-state index contributed by atoms with van der Waals surface area (Å²) in [5, 5.41) is 17.7. The number of hydrogen-bond donors (Lipinski definition) is 2. The highest BCUT2D eigenvalue weighted by atomic mass is 19.4. The van der Waals surface area contributed by atoms with Crippen molar-refractivity contribution in [2.24, 2.45) is 10.4 Å². The third-order valence-corrected chi connectivity index (χ3v) is 2.82. The zero-order chi connectivity index (χ0) is 14.1. The van der Waals surface area contributed by atoms with Crippen molar-refractivity contribution in [3.63, 3.8) is 0 Å². The molecule has 18 heavy (non-hydrogen) atoms. The average Bonchev–Trinajstić information content (AvgIpc) is 2.25. The summed E-state index contributed by atoms with van der Waals surface area (Å²) in [6.45, 7) is 0.243. The largest absolute Gasteiger partial charge is 0.480 e. The lowest BCUT2D eigenvalue weighted by Gasteiger charge is -2.34. The number of carboxylic acid groups (broad SMARTS) is 2. The zero-order valence-corrected chi connectivity index (χ0v) is 9.28. The number of hydrogen-bond acceptors (Lipinski definition) is 3. The molecule has 0 aromatic heterocycles. The first-order valence-electron chi connectivity index (χ1n) is 4.95. The molecule has 0 spiro atoms. The molecule has 1 aliphatic rings. The predicted octanol–water partition coefficient (Wildman–Crippen LogP) is 1.50. The van der Waals surface area contributed by atoms with Gasteiger partial charge < -0.3 is 10.2 Å². The van der Waals surface area contributed by atoms with E-state index in [0.717, 1.165) is 6.21 Å². The maximum atomic E-state index is 13.0. The van der Waals surface area contributed by atoms with Gasteiger partial charge in [-0.05, 0) is 12.0 Å². The van der Waals surface area contributed by atoms with Gasteiger partial charge in [-0.25, -0.2) is 4.79 Å². The smallest absolute Gasteiger partial charge is 0.410 e. The second-order valence-electron chi connectivity index (χ2n) is 3.73. The number of dihydropyridines is 1. The molecule has 2 N–H and O–H groups in total. The van der Waals surface area contributed by atoms with Crippen molar-refractivity contribution in [3.8, 4) is 0 Å². The van der Waals surface area contributed by atoms with Crippen LogP contribution in [-0.4, -0.2) is 41.1 Å². The summed E-state index contributed by atoms with van der Waals surface area (Å²) >= 11 is 0. The molecular weight excluding hydrogens is 255 g/mol. The van der Waals surface area contributed by atoms with Gasteiger partial charge in [-0.1, -0.05) is 6.92 Å². The van der Waals surface area contributed by atoms with E-state index < -0.39 is 41.2 Å². The van der Waals surface area contributed by atoms with E-state index in [9.17, 15) is 22.8 Å². The Bertz CT molecular complexity index is 453. The van der Waals surface area contributed by atoms with Crippen LogP contribution in [0.4, 0.5) is 13.2 Å². The molecule has 0 aromatic carbocycles. The van der Waals surface area contributed by atoms with Gasteiger partial charge in [0.05, 0.1) is 12.1 Å². The molecule has 5 nitrogen and oxygen atoms in total. The summed E-state index contributed by atoms with van der Waals surface area (Å²) < 4.78 is 39.1. The number of alkyl halides is 3. The fourth-order valence-corrected chi connectivity index (χ4v) is 1.93. The van der Waals surface area contributed by atoms with Crippen LogP contribution in [0.1, 0.15) is 13.3 Å². The topological polar surface area (TPSA) is 87.0 Å². The Morgan fingerprint density at radius 1 is 1.44 bits per heavy atom. The second-order valence-corrected chi connectivity index (χ2v) is 3.73. The zero-order valence-electron chi connectivity index (χ0n) is 9.28. The van der Waals surface area contributed by atoms with Crippen LogP contribution in [0.25, 0.3) is 0 Å². The predicted molar refractivity (Wildman–Crippen MR) is 54.4 cm³/mol. The normalized spacial score (nSPS) is 24.2. The molecule has 8 heteroatoms. The molecule has 1 aliphatic heterocycles. The summed E-state index contributed by atoms with van der Waals surface area (Å²) in [7, 11) is 0. The van der Waals surface area contributed by atoms with Crippen molar-refractivity contribution in [2.75, 3.05) is 6.54 Å². The Labute approximate surface area is 99.6 Å². The quantitative estimate of drug-likeness (QED) is 0.809. The van der Waals surface area contributed by atoms with E-state index >= 15 is 0 Å². The van der Waals surface area contributed by atoms with E-state index in [1.54, 1.807) is 0 Å². The van der Waals surface area contributed by atoms with Gasteiger partial charge in [0.15, 0.2) is 0 Å². The lowest BCUT2D eigenvalue weighted by molar-refractivity contribution is -0.218. The van der Waals surface area contributed by atoms with Crippen LogP contribution in [0.2, 0.25) is 0 Å². The highest BCUT2D eigenvalue weighted by Crippen LogP contribution is 2.48. The molecule has 0 aromatic rings. The number of carboxylic acids is 2. The second kappa shape index (κ2) is 4.43. The fraction of sp³-hybridized carbons (Fsp3) is 0.500. The number of aliphatic carboxylic acids is 2. The minimum Gasteiger partial charge on any atom is -0.480 e. The molecule has 1 heterocycles. The summed E-state index contributed by atoms with van der Waals surface area (Å²) in [5.74, 6) is -3.76. The van der Waals surface area contributed by atoms with E-state index in [2.05, 4.69) is 4.99 Å². The van der Waals surface area contributed by atoms with Gasteiger partial charge >= 0.3 is 18.1 Å². The van der Waals surface area contributed by atoms with Gasteiger partial charge in [-0.15, -0.1) is 0 Å². The van der Waals surface area contributed by atoms with Crippen molar-refractivity contribution in [2.45, 2.75) is 19.5 Å². The molecule has 0 amide bonds. The van der Waals surface area contributed by atoms with Crippen molar-refractivity contribution < 1.29 is 33.0 Å². The van der Waals surface area contributed by atoms with Gasteiger partial charge in [-0.3, -0.25) is 9.79 Å². The average molecular weight is 265 g/mol. The SMILES string of the molecule is CCC1=C(C(=O)O)C=NCC1(C(=O)O)C(F)(F)F. The molecule has 0 fully saturated rings. The van der Waals surface area contributed by atoms with Crippen LogP contribution in [-0.2, 0) is 9.59 Å². The van der Waals surface area contributed by atoms with Crippen molar-refractivity contribution in [1.29, 1.82) is 0 Å². The lowest BCUT2D eigenvalue weighted by Crippen LogP contribution is -2.51. The molecule has 1 rings (SSSR count). The summed E-state index contributed by atoms with van der Waals surface area (Å²) in [5.41, 5.74) is -4.63. The molecular formula is C10H10F3NO4. The Hall–Kier alpha value is -1.86. The van der Waals surface area contributed by atoms with Crippen molar-refractivity contribution in [1.82, 2.24) is 0 Å². The molecule has 0 radical (unpaired) electrons. The van der Waals surface area contributed by atoms with Gasteiger partial charge in [0.25, 0.3) is 0 Å². The van der Waals surface area contributed by atoms with E-state index in [1.165, 1.54) is 6.92 Å². The maximum Gasteiger partial charge on any atom is 0.410 e. The summed E-state index contributed by atoms with van der Waals surface area (Å²) in [6.07, 6.45) is -4.67. The maximum absolute atomic E-state index is 13.0. The van der Waals surface area contributed by atoms with Gasteiger partial charge in [-0.2, -0.15) is 13.2 Å². The third-order valence-electron chi connectivity index (χ3n) is 2.82. The number of aliphatic imine (C=N–C) groups is 1. The van der Waals surface area contributed by atoms with Crippen LogP contribution >= 0.6 is 0 Å². The monoisotopic (exact) mass is 265 g/mol. The Balaban J connectivity index is 3.60. The van der Waals surface area contributed by atoms with Crippen LogP contribution in [0.3, 0.4) is 0 Å². The molecule has 0 bridgehead atoms. The Morgan fingerprint density at radius 2 is 2.00 bits per heavy atom. The van der Waals surface area contributed by atoms with Crippen LogP contribution < -0.4 is 0 Å². The number of nitrogens with zero attached hydrogens (tertiary/aromatic N) is 1. The number of carbonyl (C=O) groups is 2.